The highest BCUT2D eigenvalue weighted by Gasteiger charge is 2.21. The van der Waals surface area contributed by atoms with Crippen molar-refractivity contribution >= 4 is 27.5 Å². The quantitative estimate of drug-likeness (QED) is 0.864. The van der Waals surface area contributed by atoms with E-state index >= 15 is 0 Å². The second kappa shape index (κ2) is 6.64. The van der Waals surface area contributed by atoms with Gasteiger partial charge < -0.3 is 14.6 Å². The summed E-state index contributed by atoms with van der Waals surface area (Å²) in [6.45, 7) is 0. The average molecular weight is 376 g/mol. The van der Waals surface area contributed by atoms with Crippen LogP contribution in [0.25, 0.3) is 0 Å². The molecule has 0 aromatic heterocycles. The summed E-state index contributed by atoms with van der Waals surface area (Å²) in [5.41, 5.74) is 0.782. The van der Waals surface area contributed by atoms with E-state index < -0.39 is 11.9 Å². The number of aliphatic hydroxyl groups is 1. The third kappa shape index (κ3) is 3.15. The van der Waals surface area contributed by atoms with Crippen LogP contribution in [-0.4, -0.2) is 19.3 Å². The fraction of sp³-hybridized carbons (Fsp3) is 0.200. The van der Waals surface area contributed by atoms with Gasteiger partial charge >= 0.3 is 0 Å². The van der Waals surface area contributed by atoms with Crippen LogP contribution in [0.3, 0.4) is 0 Å². The molecular formula is C15H13BrClFO3. The molecule has 21 heavy (non-hydrogen) atoms. The van der Waals surface area contributed by atoms with Crippen molar-refractivity contribution in [1.29, 1.82) is 0 Å². The molecule has 2 rings (SSSR count). The Balaban J connectivity index is 2.53. The minimum absolute atomic E-state index is 0.198. The molecule has 1 unspecified atom stereocenters. The average Bonchev–Trinajstić information content (AvgIpc) is 2.49. The number of aliphatic hydroxyl groups excluding tert-OH is 1. The van der Waals surface area contributed by atoms with Gasteiger partial charge in [0.1, 0.15) is 11.9 Å². The topological polar surface area (TPSA) is 38.7 Å². The highest BCUT2D eigenvalue weighted by Crippen LogP contribution is 2.39. The smallest absolute Gasteiger partial charge is 0.162 e. The number of hydrogen-bond acceptors (Lipinski definition) is 3. The molecule has 0 spiro atoms. The van der Waals surface area contributed by atoms with E-state index in [-0.39, 0.29) is 4.47 Å². The Bertz CT molecular complexity index is 664. The summed E-state index contributed by atoms with van der Waals surface area (Å²) in [5.74, 6) is 0.434. The molecule has 0 saturated carbocycles. The van der Waals surface area contributed by atoms with Gasteiger partial charge in [-0.2, -0.15) is 0 Å². The van der Waals surface area contributed by atoms with Crippen LogP contribution in [0.1, 0.15) is 17.2 Å². The lowest BCUT2D eigenvalue weighted by atomic mass is 10.0. The Morgan fingerprint density at radius 3 is 2.38 bits per heavy atom. The normalized spacial score (nSPS) is 12.1. The zero-order valence-corrected chi connectivity index (χ0v) is 13.7. The van der Waals surface area contributed by atoms with Gasteiger partial charge in [0.05, 0.1) is 23.7 Å². The van der Waals surface area contributed by atoms with Crippen molar-refractivity contribution in [2.45, 2.75) is 6.10 Å². The van der Waals surface area contributed by atoms with E-state index in [1.807, 2.05) is 0 Å². The number of rotatable bonds is 4. The number of benzene rings is 2. The van der Waals surface area contributed by atoms with Gasteiger partial charge in [0.15, 0.2) is 11.5 Å². The van der Waals surface area contributed by atoms with Crippen molar-refractivity contribution in [2.24, 2.45) is 0 Å². The molecule has 2 aromatic carbocycles. The van der Waals surface area contributed by atoms with Gasteiger partial charge in [0, 0.05) is 17.2 Å². The molecule has 6 heteroatoms. The fourth-order valence-corrected chi connectivity index (χ4v) is 2.72. The molecule has 2 aromatic rings. The van der Waals surface area contributed by atoms with Crippen molar-refractivity contribution in [2.75, 3.05) is 14.2 Å². The monoisotopic (exact) mass is 374 g/mol. The van der Waals surface area contributed by atoms with Gasteiger partial charge in [-0.15, -0.1) is 0 Å². The Labute approximate surface area is 135 Å². The first kappa shape index (κ1) is 16.1. The molecular weight excluding hydrogens is 363 g/mol. The predicted molar refractivity (Wildman–Crippen MR) is 82.7 cm³/mol. The summed E-state index contributed by atoms with van der Waals surface area (Å²) in [6.07, 6.45) is -1.10. The first-order valence-corrected chi connectivity index (χ1v) is 7.20. The van der Waals surface area contributed by atoms with Gasteiger partial charge in [0.2, 0.25) is 0 Å². The molecule has 0 aliphatic rings. The van der Waals surface area contributed by atoms with Crippen LogP contribution >= 0.6 is 27.5 Å². The van der Waals surface area contributed by atoms with E-state index in [9.17, 15) is 9.50 Å². The second-order valence-electron chi connectivity index (χ2n) is 4.27. The lowest BCUT2D eigenvalue weighted by Crippen LogP contribution is -2.04. The first-order chi connectivity index (χ1) is 9.99. The van der Waals surface area contributed by atoms with Crippen molar-refractivity contribution in [3.63, 3.8) is 0 Å². The van der Waals surface area contributed by atoms with Gasteiger partial charge in [-0.3, -0.25) is 0 Å². The summed E-state index contributed by atoms with van der Waals surface area (Å²) < 4.78 is 24.1. The Hall–Kier alpha value is -1.30. The Kier molecular flexibility index (Phi) is 5.08. The van der Waals surface area contributed by atoms with Gasteiger partial charge in [-0.1, -0.05) is 23.7 Å². The van der Waals surface area contributed by atoms with Gasteiger partial charge in [0.25, 0.3) is 0 Å². The highest BCUT2D eigenvalue weighted by atomic mass is 79.9. The molecule has 0 heterocycles. The Morgan fingerprint density at radius 1 is 1.14 bits per heavy atom. The standard InChI is InChI=1S/C15H13BrClFO3/c1-20-12-6-9(10(17)7-13(12)21-2)15(19)8-4-3-5-11(18)14(8)16/h3-7,15,19H,1-2H3. The summed E-state index contributed by atoms with van der Waals surface area (Å²) in [4.78, 5) is 0. The largest absolute Gasteiger partial charge is 0.493 e. The zero-order chi connectivity index (χ0) is 15.6. The minimum Gasteiger partial charge on any atom is -0.493 e. The number of ether oxygens (including phenoxy) is 2. The molecule has 0 aliphatic heterocycles. The fourth-order valence-electron chi connectivity index (χ4n) is 1.98. The summed E-state index contributed by atoms with van der Waals surface area (Å²) in [7, 11) is 2.98. The first-order valence-electron chi connectivity index (χ1n) is 6.03. The van der Waals surface area contributed by atoms with E-state index in [0.717, 1.165) is 0 Å². The van der Waals surface area contributed by atoms with Crippen LogP contribution in [0.2, 0.25) is 5.02 Å². The van der Waals surface area contributed by atoms with Crippen LogP contribution in [0.4, 0.5) is 4.39 Å². The van der Waals surface area contributed by atoms with Gasteiger partial charge in [-0.05, 0) is 28.1 Å². The maximum absolute atomic E-state index is 13.6. The number of halogens is 3. The van der Waals surface area contributed by atoms with Crippen molar-refractivity contribution in [3.05, 3.63) is 56.8 Å². The van der Waals surface area contributed by atoms with Crippen LogP contribution in [0, 0.1) is 5.82 Å². The van der Waals surface area contributed by atoms with Crippen LogP contribution in [-0.2, 0) is 0 Å². The second-order valence-corrected chi connectivity index (χ2v) is 5.47. The molecule has 1 N–H and O–H groups in total. The zero-order valence-electron chi connectivity index (χ0n) is 11.4. The lowest BCUT2D eigenvalue weighted by Gasteiger charge is -2.17. The van der Waals surface area contributed by atoms with Crippen LogP contribution in [0.15, 0.2) is 34.8 Å². The molecule has 0 radical (unpaired) electrons. The summed E-state index contributed by atoms with van der Waals surface area (Å²) in [6, 6.07) is 7.56. The van der Waals surface area contributed by atoms with E-state index in [1.165, 1.54) is 26.4 Å². The molecule has 0 saturated heterocycles. The molecule has 0 bridgehead atoms. The number of methoxy groups -OCH3 is 2. The third-order valence-electron chi connectivity index (χ3n) is 3.07. The van der Waals surface area contributed by atoms with E-state index in [0.29, 0.717) is 27.6 Å². The molecule has 1 atom stereocenters. The maximum Gasteiger partial charge on any atom is 0.162 e. The van der Waals surface area contributed by atoms with E-state index in [4.69, 9.17) is 21.1 Å². The summed E-state index contributed by atoms with van der Waals surface area (Å²) >= 11 is 9.30. The molecule has 0 amide bonds. The maximum atomic E-state index is 13.6. The predicted octanol–water partition coefficient (Wildman–Crippen LogP) is 4.34. The molecule has 0 fully saturated rings. The third-order valence-corrected chi connectivity index (χ3v) is 4.24. The summed E-state index contributed by atoms with van der Waals surface area (Å²) in [5, 5.41) is 10.8. The Morgan fingerprint density at radius 2 is 1.76 bits per heavy atom. The molecule has 3 nitrogen and oxygen atoms in total. The van der Waals surface area contributed by atoms with Crippen molar-refractivity contribution in [1.82, 2.24) is 0 Å². The van der Waals surface area contributed by atoms with Crippen LogP contribution < -0.4 is 9.47 Å². The highest BCUT2D eigenvalue weighted by molar-refractivity contribution is 9.10. The van der Waals surface area contributed by atoms with E-state index in [1.54, 1.807) is 18.2 Å². The van der Waals surface area contributed by atoms with Crippen LogP contribution in [0.5, 0.6) is 11.5 Å². The van der Waals surface area contributed by atoms with Crippen molar-refractivity contribution < 1.29 is 19.0 Å². The van der Waals surface area contributed by atoms with Gasteiger partial charge in [-0.25, -0.2) is 4.39 Å². The minimum atomic E-state index is -1.10. The molecule has 0 aliphatic carbocycles. The lowest BCUT2D eigenvalue weighted by molar-refractivity contribution is 0.218. The SMILES string of the molecule is COc1cc(Cl)c(C(O)c2cccc(F)c2Br)cc1OC. The number of hydrogen-bond donors (Lipinski definition) is 1. The molecule has 112 valence electrons. The van der Waals surface area contributed by atoms with E-state index in [2.05, 4.69) is 15.9 Å². The van der Waals surface area contributed by atoms with Crippen molar-refractivity contribution in [3.8, 4) is 11.5 Å².